The van der Waals surface area contributed by atoms with Crippen LogP contribution >= 0.6 is 0 Å². The standard InChI is InChI=1S/C23H16N2O2/c26-23(21-12-6-10-17-7-4-5-11-20(17)21)27-25-22(18-8-2-1-3-9-18)19-13-15-24-16-14-19/h1-16H/b25-22+. The van der Waals surface area contributed by atoms with Gasteiger partial charge in [-0.2, -0.15) is 0 Å². The third kappa shape index (κ3) is 3.60. The summed E-state index contributed by atoms with van der Waals surface area (Å²) in [5.41, 5.74) is 2.74. The van der Waals surface area contributed by atoms with E-state index in [0.29, 0.717) is 11.3 Å². The first-order chi connectivity index (χ1) is 13.3. The minimum Gasteiger partial charge on any atom is -0.312 e. The second-order valence-electron chi connectivity index (χ2n) is 5.95. The number of benzene rings is 3. The second-order valence-corrected chi connectivity index (χ2v) is 5.95. The van der Waals surface area contributed by atoms with Crippen molar-refractivity contribution in [2.24, 2.45) is 5.16 Å². The Kier molecular flexibility index (Phi) is 4.70. The zero-order chi connectivity index (χ0) is 18.5. The topological polar surface area (TPSA) is 51.5 Å². The maximum Gasteiger partial charge on any atom is 0.366 e. The molecule has 4 aromatic rings. The molecule has 4 rings (SSSR count). The number of nitrogens with zero attached hydrogens (tertiary/aromatic N) is 2. The molecule has 130 valence electrons. The van der Waals surface area contributed by atoms with E-state index in [-0.39, 0.29) is 0 Å². The molecule has 0 aliphatic rings. The summed E-state index contributed by atoms with van der Waals surface area (Å²) in [6.45, 7) is 0. The Labute approximate surface area is 156 Å². The highest BCUT2D eigenvalue weighted by Gasteiger charge is 2.13. The summed E-state index contributed by atoms with van der Waals surface area (Å²) in [5, 5.41) is 6.00. The summed E-state index contributed by atoms with van der Waals surface area (Å²) < 4.78 is 0. The first kappa shape index (κ1) is 16.7. The summed E-state index contributed by atoms with van der Waals surface area (Å²) in [7, 11) is 0. The van der Waals surface area contributed by atoms with Crippen LogP contribution in [0.5, 0.6) is 0 Å². The van der Waals surface area contributed by atoms with Crippen LogP contribution in [0.15, 0.2) is 102 Å². The smallest absolute Gasteiger partial charge is 0.312 e. The Balaban J connectivity index is 1.70. The molecule has 1 heterocycles. The van der Waals surface area contributed by atoms with Gasteiger partial charge < -0.3 is 4.84 Å². The van der Waals surface area contributed by atoms with E-state index in [9.17, 15) is 4.79 Å². The molecule has 1 aromatic heterocycles. The van der Waals surface area contributed by atoms with E-state index >= 15 is 0 Å². The molecule has 0 unspecified atom stereocenters. The van der Waals surface area contributed by atoms with Crippen molar-refractivity contribution in [3.8, 4) is 0 Å². The number of pyridine rings is 1. The van der Waals surface area contributed by atoms with E-state index < -0.39 is 5.97 Å². The van der Waals surface area contributed by atoms with Crippen LogP contribution in [0, 0.1) is 0 Å². The summed E-state index contributed by atoms with van der Waals surface area (Å²) in [4.78, 5) is 22.1. The molecule has 0 aliphatic carbocycles. The Hall–Kier alpha value is -3.79. The largest absolute Gasteiger partial charge is 0.366 e. The van der Waals surface area contributed by atoms with Gasteiger partial charge in [-0.1, -0.05) is 71.9 Å². The van der Waals surface area contributed by atoms with Gasteiger partial charge in [-0.25, -0.2) is 4.79 Å². The first-order valence-electron chi connectivity index (χ1n) is 8.56. The molecule has 27 heavy (non-hydrogen) atoms. The van der Waals surface area contributed by atoms with Crippen LogP contribution in [-0.4, -0.2) is 16.7 Å². The first-order valence-corrected chi connectivity index (χ1v) is 8.56. The van der Waals surface area contributed by atoms with E-state index in [4.69, 9.17) is 4.84 Å². The zero-order valence-corrected chi connectivity index (χ0v) is 14.4. The van der Waals surface area contributed by atoms with Gasteiger partial charge in [0.05, 0.1) is 5.56 Å². The molecule has 0 atom stereocenters. The van der Waals surface area contributed by atoms with Crippen molar-refractivity contribution in [1.29, 1.82) is 0 Å². The molecule has 4 heteroatoms. The lowest BCUT2D eigenvalue weighted by atomic mass is 10.0. The average molecular weight is 352 g/mol. The number of fused-ring (bicyclic) bond motifs is 1. The third-order valence-corrected chi connectivity index (χ3v) is 4.23. The molecule has 0 bridgehead atoms. The maximum atomic E-state index is 12.7. The number of hydrogen-bond acceptors (Lipinski definition) is 4. The number of rotatable bonds is 4. The van der Waals surface area contributed by atoms with Gasteiger partial charge in [-0.15, -0.1) is 0 Å². The number of carbonyl (C=O) groups is 1. The Bertz CT molecular complexity index is 1060. The minimum absolute atomic E-state index is 0.485. The summed E-state index contributed by atoms with van der Waals surface area (Å²) in [5.74, 6) is -0.491. The van der Waals surface area contributed by atoms with E-state index in [2.05, 4.69) is 10.1 Å². The molecule has 0 N–H and O–H groups in total. The molecule has 3 aromatic carbocycles. The second kappa shape index (κ2) is 7.62. The summed E-state index contributed by atoms with van der Waals surface area (Å²) in [6.07, 6.45) is 3.36. The predicted molar refractivity (Wildman–Crippen MR) is 106 cm³/mol. The molecular weight excluding hydrogens is 336 g/mol. The van der Waals surface area contributed by atoms with Gasteiger partial charge in [-0.3, -0.25) is 4.98 Å². The van der Waals surface area contributed by atoms with Gasteiger partial charge in [0.2, 0.25) is 0 Å². The van der Waals surface area contributed by atoms with Gasteiger partial charge in [0.15, 0.2) is 0 Å². The van der Waals surface area contributed by atoms with E-state index in [1.165, 1.54) is 0 Å². The zero-order valence-electron chi connectivity index (χ0n) is 14.4. The van der Waals surface area contributed by atoms with Crippen molar-refractivity contribution >= 4 is 22.5 Å². The van der Waals surface area contributed by atoms with Crippen molar-refractivity contribution in [3.63, 3.8) is 0 Å². The molecule has 0 saturated heterocycles. The highest BCUT2D eigenvalue weighted by molar-refractivity contribution is 6.13. The molecule has 0 fully saturated rings. The van der Waals surface area contributed by atoms with Gasteiger partial charge in [0.1, 0.15) is 5.71 Å². The highest BCUT2D eigenvalue weighted by Crippen LogP contribution is 2.20. The molecule has 0 radical (unpaired) electrons. The van der Waals surface area contributed by atoms with Crippen molar-refractivity contribution in [3.05, 3.63) is 114 Å². The van der Waals surface area contributed by atoms with Gasteiger partial charge >= 0.3 is 5.97 Å². The van der Waals surface area contributed by atoms with Crippen LogP contribution in [-0.2, 0) is 4.84 Å². The molecule has 0 aliphatic heterocycles. The fourth-order valence-corrected chi connectivity index (χ4v) is 2.92. The monoisotopic (exact) mass is 352 g/mol. The van der Waals surface area contributed by atoms with Crippen molar-refractivity contribution in [1.82, 2.24) is 4.98 Å². The van der Waals surface area contributed by atoms with Crippen LogP contribution in [0.2, 0.25) is 0 Å². The minimum atomic E-state index is -0.491. The van der Waals surface area contributed by atoms with E-state index in [1.54, 1.807) is 18.5 Å². The highest BCUT2D eigenvalue weighted by atomic mass is 16.7. The Morgan fingerprint density at radius 3 is 2.22 bits per heavy atom. The van der Waals surface area contributed by atoms with Crippen molar-refractivity contribution < 1.29 is 9.63 Å². The molecule has 0 spiro atoms. The molecule has 4 nitrogen and oxygen atoms in total. The fourth-order valence-electron chi connectivity index (χ4n) is 2.92. The van der Waals surface area contributed by atoms with Crippen LogP contribution in [0.4, 0.5) is 0 Å². The normalized spacial score (nSPS) is 11.3. The number of oxime groups is 1. The summed E-state index contributed by atoms with van der Waals surface area (Å²) >= 11 is 0. The van der Waals surface area contributed by atoms with Crippen molar-refractivity contribution in [2.45, 2.75) is 0 Å². The third-order valence-electron chi connectivity index (χ3n) is 4.23. The quantitative estimate of drug-likeness (QED) is 0.300. The van der Waals surface area contributed by atoms with Crippen LogP contribution in [0.25, 0.3) is 10.8 Å². The molecular formula is C23H16N2O2. The van der Waals surface area contributed by atoms with Gasteiger partial charge in [0, 0.05) is 23.5 Å². The van der Waals surface area contributed by atoms with Gasteiger partial charge in [-0.05, 0) is 29.0 Å². The number of aromatic nitrogens is 1. The predicted octanol–water partition coefficient (Wildman–Crippen LogP) is 4.84. The number of carbonyl (C=O) groups excluding carboxylic acids is 1. The SMILES string of the molecule is O=C(O/N=C(\c1ccccc1)c1ccncc1)c1cccc2ccccc12. The lowest BCUT2D eigenvalue weighted by Crippen LogP contribution is -2.08. The van der Waals surface area contributed by atoms with E-state index in [0.717, 1.165) is 21.9 Å². The lowest BCUT2D eigenvalue weighted by molar-refractivity contribution is 0.0519. The van der Waals surface area contributed by atoms with E-state index in [1.807, 2.05) is 78.9 Å². The molecule has 0 saturated carbocycles. The van der Waals surface area contributed by atoms with Gasteiger partial charge in [0.25, 0.3) is 0 Å². The fraction of sp³-hybridized carbons (Fsp3) is 0. The average Bonchev–Trinajstić information content (AvgIpc) is 2.75. The van der Waals surface area contributed by atoms with Crippen LogP contribution in [0.3, 0.4) is 0 Å². The summed E-state index contributed by atoms with van der Waals surface area (Å²) in [6, 6.07) is 26.5. The maximum absolute atomic E-state index is 12.7. The Morgan fingerprint density at radius 2 is 1.41 bits per heavy atom. The number of hydrogen-bond donors (Lipinski definition) is 0. The molecule has 0 amide bonds. The van der Waals surface area contributed by atoms with Crippen molar-refractivity contribution in [2.75, 3.05) is 0 Å². The van der Waals surface area contributed by atoms with Crippen LogP contribution in [0.1, 0.15) is 21.5 Å². The van der Waals surface area contributed by atoms with Crippen LogP contribution < -0.4 is 0 Å². The Morgan fingerprint density at radius 1 is 0.741 bits per heavy atom. The lowest BCUT2D eigenvalue weighted by Gasteiger charge is -2.07.